The second-order valence-electron chi connectivity index (χ2n) is 4.41. The van der Waals surface area contributed by atoms with Crippen molar-refractivity contribution in [2.75, 3.05) is 13.6 Å². The largest absolute Gasteiger partial charge is 0.550 e. The van der Waals surface area contributed by atoms with Crippen LogP contribution in [-0.2, 0) is 4.79 Å². The van der Waals surface area contributed by atoms with Crippen LogP contribution in [0.4, 0.5) is 0 Å². The third-order valence-electron chi connectivity index (χ3n) is 3.25. The predicted octanol–water partition coefficient (Wildman–Crippen LogP) is -0.636. The molecule has 0 spiro atoms. The van der Waals surface area contributed by atoms with E-state index < -0.39 is 5.97 Å². The van der Waals surface area contributed by atoms with Crippen LogP contribution in [-0.4, -0.2) is 25.6 Å². The van der Waals surface area contributed by atoms with Crippen LogP contribution in [0.2, 0.25) is 0 Å². The van der Waals surface area contributed by atoms with Gasteiger partial charge in [0.2, 0.25) is 0 Å². The standard InChI is InChI=1S/C11H21NO2/c1-12(9-5-8-11(13)14)10-6-3-2-4-7-10/h10H,2-9H2,1H3,(H,13,14). The molecule has 1 unspecified atom stereocenters. The van der Waals surface area contributed by atoms with Crippen LogP contribution in [0.25, 0.3) is 0 Å². The van der Waals surface area contributed by atoms with Crippen LogP contribution in [0.15, 0.2) is 0 Å². The SMILES string of the molecule is C[NH+](CCCC(=O)[O-])C1CCCCC1. The third-order valence-corrected chi connectivity index (χ3v) is 3.25. The number of carboxylic acids is 1. The number of quaternary nitrogens is 1. The van der Waals surface area contributed by atoms with Crippen LogP contribution in [0.1, 0.15) is 44.9 Å². The van der Waals surface area contributed by atoms with Crippen molar-refractivity contribution in [2.45, 2.75) is 51.0 Å². The van der Waals surface area contributed by atoms with Gasteiger partial charge in [-0.3, -0.25) is 0 Å². The van der Waals surface area contributed by atoms with E-state index in [0.29, 0.717) is 0 Å². The third kappa shape index (κ3) is 4.09. The number of carbonyl (C=O) groups excluding carboxylic acids is 1. The molecule has 0 heterocycles. The first-order chi connectivity index (χ1) is 6.70. The maximum Gasteiger partial charge on any atom is 0.0872 e. The molecule has 1 rings (SSSR count). The molecule has 1 saturated carbocycles. The lowest BCUT2D eigenvalue weighted by Gasteiger charge is -2.28. The Hall–Kier alpha value is -0.570. The van der Waals surface area contributed by atoms with Crippen molar-refractivity contribution in [2.24, 2.45) is 0 Å². The van der Waals surface area contributed by atoms with Gasteiger partial charge in [-0.25, -0.2) is 0 Å². The molecule has 0 aromatic heterocycles. The van der Waals surface area contributed by atoms with Crippen LogP contribution >= 0.6 is 0 Å². The minimum Gasteiger partial charge on any atom is -0.550 e. The summed E-state index contributed by atoms with van der Waals surface area (Å²) in [7, 11) is 2.19. The van der Waals surface area contributed by atoms with Gasteiger partial charge in [-0.05, 0) is 32.1 Å². The summed E-state index contributed by atoms with van der Waals surface area (Å²) in [6, 6.07) is 0.769. The molecule has 82 valence electrons. The zero-order valence-electron chi connectivity index (χ0n) is 9.05. The van der Waals surface area contributed by atoms with E-state index in [9.17, 15) is 9.90 Å². The average Bonchev–Trinajstić information content (AvgIpc) is 2.18. The van der Waals surface area contributed by atoms with Crippen molar-refractivity contribution in [3.8, 4) is 0 Å². The van der Waals surface area contributed by atoms with E-state index >= 15 is 0 Å². The maximum atomic E-state index is 10.2. The van der Waals surface area contributed by atoms with Gasteiger partial charge in [0.05, 0.1) is 19.6 Å². The molecule has 0 radical (unpaired) electrons. The van der Waals surface area contributed by atoms with Crippen LogP contribution in [0.3, 0.4) is 0 Å². The summed E-state index contributed by atoms with van der Waals surface area (Å²) >= 11 is 0. The van der Waals surface area contributed by atoms with Gasteiger partial charge in [-0.1, -0.05) is 6.42 Å². The molecule has 0 aromatic rings. The average molecular weight is 199 g/mol. The maximum absolute atomic E-state index is 10.2. The Morgan fingerprint density at radius 1 is 1.36 bits per heavy atom. The Morgan fingerprint density at radius 3 is 2.57 bits per heavy atom. The fourth-order valence-corrected chi connectivity index (χ4v) is 2.31. The van der Waals surface area contributed by atoms with Crippen molar-refractivity contribution < 1.29 is 14.8 Å². The van der Waals surface area contributed by atoms with Crippen molar-refractivity contribution >= 4 is 5.97 Å². The molecule has 0 aromatic carbocycles. The summed E-state index contributed by atoms with van der Waals surface area (Å²) in [5.41, 5.74) is 0. The summed E-state index contributed by atoms with van der Waals surface area (Å²) in [5, 5.41) is 10.2. The topological polar surface area (TPSA) is 44.6 Å². The summed E-state index contributed by atoms with van der Waals surface area (Å²) in [5.74, 6) is -0.915. The molecule has 0 aliphatic heterocycles. The Balaban J connectivity index is 2.13. The monoisotopic (exact) mass is 199 g/mol. The lowest BCUT2D eigenvalue weighted by molar-refractivity contribution is -0.907. The highest BCUT2D eigenvalue weighted by atomic mass is 16.4. The molecule has 3 heteroatoms. The quantitative estimate of drug-likeness (QED) is 0.640. The summed E-state index contributed by atoms with van der Waals surface area (Å²) in [4.78, 5) is 11.7. The number of carbonyl (C=O) groups is 1. The number of hydrogen-bond donors (Lipinski definition) is 1. The van der Waals surface area contributed by atoms with E-state index in [1.165, 1.54) is 37.0 Å². The molecule has 0 amide bonds. The fraction of sp³-hybridized carbons (Fsp3) is 0.909. The van der Waals surface area contributed by atoms with Gasteiger partial charge >= 0.3 is 0 Å². The summed E-state index contributed by atoms with van der Waals surface area (Å²) in [6.07, 6.45) is 7.68. The van der Waals surface area contributed by atoms with Crippen LogP contribution in [0, 0.1) is 0 Å². The molecule has 3 nitrogen and oxygen atoms in total. The molecule has 1 atom stereocenters. The zero-order valence-corrected chi connectivity index (χ0v) is 9.05. The lowest BCUT2D eigenvalue weighted by Crippen LogP contribution is -3.13. The molecule has 1 aliphatic carbocycles. The zero-order chi connectivity index (χ0) is 10.4. The van der Waals surface area contributed by atoms with Gasteiger partial charge in [0.1, 0.15) is 0 Å². The van der Waals surface area contributed by atoms with Gasteiger partial charge in [0, 0.05) is 12.4 Å². The van der Waals surface area contributed by atoms with Gasteiger partial charge in [-0.15, -0.1) is 0 Å². The van der Waals surface area contributed by atoms with Gasteiger partial charge in [0.25, 0.3) is 0 Å². The minimum absolute atomic E-state index is 0.212. The number of aliphatic carboxylic acids is 1. The summed E-state index contributed by atoms with van der Waals surface area (Å²) in [6.45, 7) is 0.971. The molecule has 1 N–H and O–H groups in total. The van der Waals surface area contributed by atoms with E-state index in [-0.39, 0.29) is 6.42 Å². The first-order valence-corrected chi connectivity index (χ1v) is 5.72. The van der Waals surface area contributed by atoms with Crippen molar-refractivity contribution in [3.63, 3.8) is 0 Å². The number of hydrogen-bond acceptors (Lipinski definition) is 2. The minimum atomic E-state index is -0.915. The van der Waals surface area contributed by atoms with Crippen molar-refractivity contribution in [1.29, 1.82) is 0 Å². The second-order valence-corrected chi connectivity index (χ2v) is 4.41. The van der Waals surface area contributed by atoms with Crippen molar-refractivity contribution in [1.82, 2.24) is 0 Å². The van der Waals surface area contributed by atoms with E-state index in [1.54, 1.807) is 0 Å². The normalized spacial score (nSPS) is 20.6. The van der Waals surface area contributed by atoms with Crippen LogP contribution < -0.4 is 10.0 Å². The highest BCUT2D eigenvalue weighted by Gasteiger charge is 2.20. The number of carboxylic acid groups (broad SMARTS) is 1. The summed E-state index contributed by atoms with van der Waals surface area (Å²) < 4.78 is 0. The van der Waals surface area contributed by atoms with Crippen LogP contribution in [0.5, 0.6) is 0 Å². The molecule has 1 aliphatic rings. The van der Waals surface area contributed by atoms with E-state index in [4.69, 9.17) is 0 Å². The Kier molecular flexibility index (Phi) is 4.94. The molecule has 0 saturated heterocycles. The number of rotatable bonds is 5. The number of nitrogens with one attached hydrogen (secondary N) is 1. The molecular weight excluding hydrogens is 178 g/mol. The molecule has 1 fully saturated rings. The predicted molar refractivity (Wildman–Crippen MR) is 52.9 cm³/mol. The van der Waals surface area contributed by atoms with E-state index in [2.05, 4.69) is 7.05 Å². The smallest absolute Gasteiger partial charge is 0.0872 e. The van der Waals surface area contributed by atoms with Gasteiger partial charge < -0.3 is 14.8 Å². The highest BCUT2D eigenvalue weighted by Crippen LogP contribution is 2.15. The first-order valence-electron chi connectivity index (χ1n) is 5.72. The van der Waals surface area contributed by atoms with Crippen molar-refractivity contribution in [3.05, 3.63) is 0 Å². The Bertz CT molecular complexity index is 176. The molecular formula is C11H21NO2. The second kappa shape index (κ2) is 6.02. The van der Waals surface area contributed by atoms with Gasteiger partial charge in [-0.2, -0.15) is 0 Å². The fourth-order valence-electron chi connectivity index (χ4n) is 2.31. The first kappa shape index (κ1) is 11.5. The Morgan fingerprint density at radius 2 is 2.00 bits per heavy atom. The van der Waals surface area contributed by atoms with Gasteiger partial charge in [0.15, 0.2) is 0 Å². The molecule has 0 bridgehead atoms. The molecule has 14 heavy (non-hydrogen) atoms. The van der Waals surface area contributed by atoms with E-state index in [1.807, 2.05) is 0 Å². The highest BCUT2D eigenvalue weighted by molar-refractivity contribution is 5.64. The lowest BCUT2D eigenvalue weighted by atomic mass is 9.94. The van der Waals surface area contributed by atoms with E-state index in [0.717, 1.165) is 19.0 Å². The Labute approximate surface area is 86.1 Å².